The first-order valence-corrected chi connectivity index (χ1v) is 6.10. The third-order valence-corrected chi connectivity index (χ3v) is 3.08. The molecule has 0 aliphatic heterocycles. The van der Waals surface area contributed by atoms with Crippen molar-refractivity contribution in [2.75, 3.05) is 0 Å². The molecule has 0 saturated heterocycles. The summed E-state index contributed by atoms with van der Waals surface area (Å²) in [6, 6.07) is 8.14. The maximum atomic E-state index is 9.92. The Bertz CT molecular complexity index is 720. The Morgan fingerprint density at radius 1 is 1.11 bits per heavy atom. The molecule has 2 aromatic heterocycles. The van der Waals surface area contributed by atoms with Crippen LogP contribution in [0.2, 0.25) is 10.0 Å². The molecule has 2 heterocycles. The molecule has 6 heteroatoms. The SMILES string of the molecule is Oc1c(Cl)cc(Cl)cc1-c1cc(-c2ccco2)on1. The fraction of sp³-hybridized carbons (Fsp3) is 0. The summed E-state index contributed by atoms with van der Waals surface area (Å²) in [6.45, 7) is 0. The molecule has 0 spiro atoms. The number of hydrogen-bond acceptors (Lipinski definition) is 4. The van der Waals surface area contributed by atoms with Crippen LogP contribution in [0.3, 0.4) is 0 Å². The summed E-state index contributed by atoms with van der Waals surface area (Å²) in [4.78, 5) is 0. The number of rotatable bonds is 2. The van der Waals surface area contributed by atoms with Gasteiger partial charge in [-0.05, 0) is 24.3 Å². The van der Waals surface area contributed by atoms with Crippen molar-refractivity contribution in [1.29, 1.82) is 0 Å². The van der Waals surface area contributed by atoms with E-state index in [0.717, 1.165) is 0 Å². The molecular formula is C13H7Cl2NO3. The number of hydrogen-bond donors (Lipinski definition) is 1. The number of furan rings is 1. The van der Waals surface area contributed by atoms with Crippen molar-refractivity contribution in [2.45, 2.75) is 0 Å². The molecule has 0 aliphatic rings. The Kier molecular flexibility index (Phi) is 2.97. The highest BCUT2D eigenvalue weighted by Crippen LogP contribution is 2.38. The third-order valence-electron chi connectivity index (χ3n) is 2.58. The second-order valence-corrected chi connectivity index (χ2v) is 4.68. The fourth-order valence-electron chi connectivity index (χ4n) is 1.70. The minimum atomic E-state index is -0.0923. The van der Waals surface area contributed by atoms with Crippen LogP contribution in [-0.4, -0.2) is 10.3 Å². The van der Waals surface area contributed by atoms with E-state index in [0.29, 0.717) is 27.8 Å². The zero-order valence-electron chi connectivity index (χ0n) is 9.43. The lowest BCUT2D eigenvalue weighted by molar-refractivity contribution is 0.419. The first kappa shape index (κ1) is 12.1. The van der Waals surface area contributed by atoms with Crippen molar-refractivity contribution < 1.29 is 14.0 Å². The highest BCUT2D eigenvalue weighted by Gasteiger charge is 2.16. The van der Waals surface area contributed by atoms with Gasteiger partial charge in [0, 0.05) is 16.7 Å². The van der Waals surface area contributed by atoms with Gasteiger partial charge in [0.2, 0.25) is 5.76 Å². The largest absolute Gasteiger partial charge is 0.506 e. The zero-order chi connectivity index (χ0) is 13.4. The number of aromatic nitrogens is 1. The molecule has 1 aromatic carbocycles. The number of aromatic hydroxyl groups is 1. The standard InChI is InChI=1S/C13H7Cl2NO3/c14-7-4-8(13(17)9(15)5-7)10-6-12(19-16-10)11-2-1-3-18-11/h1-6,17H. The van der Waals surface area contributed by atoms with Gasteiger partial charge in [0.25, 0.3) is 0 Å². The summed E-state index contributed by atoms with van der Waals surface area (Å²) in [7, 11) is 0. The summed E-state index contributed by atoms with van der Waals surface area (Å²) < 4.78 is 10.4. The van der Waals surface area contributed by atoms with Crippen molar-refractivity contribution in [3.63, 3.8) is 0 Å². The summed E-state index contributed by atoms with van der Waals surface area (Å²) in [5.74, 6) is 0.909. The predicted molar refractivity (Wildman–Crippen MR) is 71.3 cm³/mol. The molecular weight excluding hydrogens is 289 g/mol. The summed E-state index contributed by atoms with van der Waals surface area (Å²) >= 11 is 11.8. The van der Waals surface area contributed by atoms with E-state index >= 15 is 0 Å². The number of phenols is 1. The molecule has 3 rings (SSSR count). The van der Waals surface area contributed by atoms with Crippen LogP contribution in [0, 0.1) is 0 Å². The van der Waals surface area contributed by atoms with Crippen LogP contribution in [0.4, 0.5) is 0 Å². The predicted octanol–water partition coefficient (Wildman–Crippen LogP) is 4.61. The molecule has 4 nitrogen and oxygen atoms in total. The van der Waals surface area contributed by atoms with Gasteiger partial charge in [0.15, 0.2) is 5.76 Å². The lowest BCUT2D eigenvalue weighted by Gasteiger charge is -2.03. The first-order chi connectivity index (χ1) is 9.15. The van der Waals surface area contributed by atoms with E-state index in [9.17, 15) is 5.11 Å². The van der Waals surface area contributed by atoms with Gasteiger partial charge < -0.3 is 14.0 Å². The van der Waals surface area contributed by atoms with Gasteiger partial charge in [-0.15, -0.1) is 0 Å². The Morgan fingerprint density at radius 3 is 2.68 bits per heavy atom. The fourth-order valence-corrected chi connectivity index (χ4v) is 2.19. The monoisotopic (exact) mass is 295 g/mol. The Balaban J connectivity index is 2.09. The number of halogens is 2. The van der Waals surface area contributed by atoms with Gasteiger partial charge in [-0.1, -0.05) is 28.4 Å². The average Bonchev–Trinajstić information content (AvgIpc) is 3.03. The molecule has 0 bridgehead atoms. The highest BCUT2D eigenvalue weighted by molar-refractivity contribution is 6.36. The topological polar surface area (TPSA) is 59.4 Å². The van der Waals surface area contributed by atoms with Gasteiger partial charge >= 0.3 is 0 Å². The molecule has 0 amide bonds. The van der Waals surface area contributed by atoms with Gasteiger partial charge in [-0.2, -0.15) is 0 Å². The smallest absolute Gasteiger partial charge is 0.202 e. The van der Waals surface area contributed by atoms with Crippen molar-refractivity contribution >= 4 is 23.2 Å². The molecule has 0 fully saturated rings. The molecule has 0 aliphatic carbocycles. The Hall–Kier alpha value is -1.91. The van der Waals surface area contributed by atoms with Crippen LogP contribution < -0.4 is 0 Å². The number of nitrogens with zero attached hydrogens (tertiary/aromatic N) is 1. The highest BCUT2D eigenvalue weighted by atomic mass is 35.5. The molecule has 19 heavy (non-hydrogen) atoms. The minimum absolute atomic E-state index is 0.0923. The first-order valence-electron chi connectivity index (χ1n) is 5.34. The summed E-state index contributed by atoms with van der Waals surface area (Å²) in [6.07, 6.45) is 1.53. The molecule has 0 saturated carbocycles. The molecule has 96 valence electrons. The van der Waals surface area contributed by atoms with Gasteiger partial charge in [-0.25, -0.2) is 0 Å². The van der Waals surface area contributed by atoms with Crippen LogP contribution in [0.1, 0.15) is 0 Å². The second kappa shape index (κ2) is 4.64. The molecule has 0 radical (unpaired) electrons. The average molecular weight is 296 g/mol. The van der Waals surface area contributed by atoms with Crippen LogP contribution in [0.5, 0.6) is 5.75 Å². The van der Waals surface area contributed by atoms with E-state index in [4.69, 9.17) is 32.1 Å². The third kappa shape index (κ3) is 2.20. The maximum Gasteiger partial charge on any atom is 0.202 e. The van der Waals surface area contributed by atoms with Crippen LogP contribution in [-0.2, 0) is 0 Å². The summed E-state index contributed by atoms with van der Waals surface area (Å²) in [5.41, 5.74) is 0.826. The maximum absolute atomic E-state index is 9.92. The van der Waals surface area contributed by atoms with Gasteiger partial charge in [-0.3, -0.25) is 0 Å². The molecule has 0 atom stereocenters. The van der Waals surface area contributed by atoms with E-state index in [1.807, 2.05) is 0 Å². The van der Waals surface area contributed by atoms with Crippen LogP contribution >= 0.6 is 23.2 Å². The van der Waals surface area contributed by atoms with Gasteiger partial charge in [0.1, 0.15) is 11.4 Å². The quantitative estimate of drug-likeness (QED) is 0.750. The van der Waals surface area contributed by atoms with Crippen molar-refractivity contribution in [2.24, 2.45) is 0 Å². The lowest BCUT2D eigenvalue weighted by atomic mass is 10.1. The number of benzene rings is 1. The summed E-state index contributed by atoms with van der Waals surface area (Å²) in [5, 5.41) is 14.4. The van der Waals surface area contributed by atoms with E-state index in [1.54, 1.807) is 24.3 Å². The molecule has 0 unspecified atom stereocenters. The van der Waals surface area contributed by atoms with Crippen molar-refractivity contribution in [3.8, 4) is 28.5 Å². The van der Waals surface area contributed by atoms with Crippen LogP contribution in [0.15, 0.2) is 45.5 Å². The molecule has 3 aromatic rings. The van der Waals surface area contributed by atoms with Crippen molar-refractivity contribution in [3.05, 3.63) is 46.6 Å². The normalized spacial score (nSPS) is 10.8. The van der Waals surface area contributed by atoms with E-state index in [2.05, 4.69) is 5.16 Å². The minimum Gasteiger partial charge on any atom is -0.506 e. The number of phenolic OH excluding ortho intramolecular Hbond substituents is 1. The second-order valence-electron chi connectivity index (χ2n) is 3.84. The van der Waals surface area contributed by atoms with E-state index in [1.165, 1.54) is 12.3 Å². The zero-order valence-corrected chi connectivity index (χ0v) is 10.9. The lowest BCUT2D eigenvalue weighted by Crippen LogP contribution is -1.80. The van der Waals surface area contributed by atoms with E-state index in [-0.39, 0.29) is 10.8 Å². The Morgan fingerprint density at radius 2 is 1.95 bits per heavy atom. The van der Waals surface area contributed by atoms with Crippen molar-refractivity contribution in [1.82, 2.24) is 5.16 Å². The van der Waals surface area contributed by atoms with E-state index < -0.39 is 0 Å². The van der Waals surface area contributed by atoms with Gasteiger partial charge in [0.05, 0.1) is 11.3 Å². The Labute approximate surface area is 118 Å². The molecule has 1 N–H and O–H groups in total. The van der Waals surface area contributed by atoms with Crippen LogP contribution in [0.25, 0.3) is 22.8 Å².